The minimum absolute atomic E-state index is 0.808. The van der Waals surface area contributed by atoms with E-state index in [9.17, 15) is 33.7 Å². The average molecular weight is 329 g/mol. The maximum Gasteiger partial charge on any atom is 0.372 e. The highest BCUT2D eigenvalue weighted by molar-refractivity contribution is 5.77. The molecule has 1 heterocycles. The van der Waals surface area contributed by atoms with E-state index in [2.05, 4.69) is 4.74 Å². The van der Waals surface area contributed by atoms with Crippen LogP contribution in [0.5, 0.6) is 0 Å². The number of aliphatic carboxylic acids is 1. The van der Waals surface area contributed by atoms with Crippen LogP contribution in [0, 0.1) is 0 Å². The molecule has 7 atom stereocenters. The minimum atomic E-state index is -3.99. The van der Waals surface area contributed by atoms with E-state index in [1.807, 2.05) is 5.32 Å². The van der Waals surface area contributed by atoms with Gasteiger partial charge in [0.1, 0.15) is 24.4 Å². The zero-order valence-electron chi connectivity index (χ0n) is 11.4. The number of hydrogen-bond donors (Lipinski definition) is 6. The number of aliphatic hydroxyl groups excluding tert-OH is 4. The molecule has 0 radical (unpaired) electrons. The van der Waals surface area contributed by atoms with Gasteiger partial charge in [-0.15, -0.1) is 0 Å². The summed E-state index contributed by atoms with van der Waals surface area (Å²) in [5.41, 5.74) is 0. The van der Waals surface area contributed by atoms with Gasteiger partial charge in [-0.1, -0.05) is 0 Å². The van der Waals surface area contributed by atoms with E-state index < -0.39 is 61.0 Å². The Hall–Kier alpha value is -1.40. The van der Waals surface area contributed by atoms with Gasteiger partial charge in [-0.05, 0) is 0 Å². The monoisotopic (exact) mass is 329 g/mol. The molecule has 22 heavy (non-hydrogen) atoms. The number of carbonyl (C=O) groups excluding carboxylic acids is 1. The number of hydrogen-bond acceptors (Lipinski definition) is 7. The van der Waals surface area contributed by atoms with E-state index in [1.165, 1.54) is 0 Å². The van der Waals surface area contributed by atoms with Crippen LogP contribution in [-0.4, -0.2) is 86.5 Å². The molecule has 0 saturated carbocycles. The number of nitrogens with one attached hydrogen (secondary N) is 1. The van der Waals surface area contributed by atoms with E-state index in [0.29, 0.717) is 0 Å². The van der Waals surface area contributed by atoms with Gasteiger partial charge >= 0.3 is 11.8 Å². The van der Waals surface area contributed by atoms with Gasteiger partial charge in [-0.25, -0.2) is 9.18 Å². The number of ether oxygens (including phenoxy) is 1. The number of carboxylic acids is 1. The van der Waals surface area contributed by atoms with Crippen LogP contribution in [0.25, 0.3) is 0 Å². The first-order valence-electron chi connectivity index (χ1n) is 6.22. The summed E-state index contributed by atoms with van der Waals surface area (Å²) in [5, 5.41) is 48.3. The maximum absolute atomic E-state index is 14.1. The molecular formula is C11H17F2NO8. The second-order valence-corrected chi connectivity index (χ2v) is 4.89. The Morgan fingerprint density at radius 1 is 1.41 bits per heavy atom. The average Bonchev–Trinajstić information content (AvgIpc) is 2.45. The first kappa shape index (κ1) is 18.6. The first-order chi connectivity index (χ1) is 10.1. The summed E-state index contributed by atoms with van der Waals surface area (Å²) in [7, 11) is 0. The SMILES string of the molecule is CC(=O)N[C@H]1C([C@H](O)[C@H](O)CO)O[C@@](F)(C(=O)O)[C@@H](F)C1O. The summed E-state index contributed by atoms with van der Waals surface area (Å²) in [4.78, 5) is 21.9. The van der Waals surface area contributed by atoms with Crippen molar-refractivity contribution in [3.8, 4) is 0 Å². The largest absolute Gasteiger partial charge is 0.477 e. The number of carbonyl (C=O) groups is 2. The number of carboxylic acid groups (broad SMARTS) is 1. The highest BCUT2D eigenvalue weighted by Gasteiger charge is 2.62. The van der Waals surface area contributed by atoms with E-state index in [-0.39, 0.29) is 0 Å². The summed E-state index contributed by atoms with van der Waals surface area (Å²) < 4.78 is 32.3. The van der Waals surface area contributed by atoms with Gasteiger partial charge in [0, 0.05) is 6.92 Å². The Bertz CT molecular complexity index is 438. The van der Waals surface area contributed by atoms with Crippen molar-refractivity contribution in [1.29, 1.82) is 0 Å². The third-order valence-electron chi connectivity index (χ3n) is 3.26. The molecule has 0 aromatic carbocycles. The van der Waals surface area contributed by atoms with E-state index in [4.69, 9.17) is 10.2 Å². The van der Waals surface area contributed by atoms with Crippen LogP contribution in [-0.2, 0) is 14.3 Å². The Balaban J connectivity index is 3.19. The summed E-state index contributed by atoms with van der Waals surface area (Å²) in [5.74, 6) is -7.19. The Morgan fingerprint density at radius 3 is 2.36 bits per heavy atom. The van der Waals surface area contributed by atoms with Crippen LogP contribution in [0.4, 0.5) is 8.78 Å². The van der Waals surface area contributed by atoms with Crippen LogP contribution < -0.4 is 5.32 Å². The van der Waals surface area contributed by atoms with Gasteiger partial charge in [-0.3, -0.25) is 4.79 Å². The molecule has 11 heteroatoms. The lowest BCUT2D eigenvalue weighted by molar-refractivity contribution is -0.293. The van der Waals surface area contributed by atoms with Crippen molar-refractivity contribution in [3.63, 3.8) is 0 Å². The second kappa shape index (κ2) is 6.79. The molecule has 0 aromatic rings. The molecule has 9 nitrogen and oxygen atoms in total. The normalized spacial score (nSPS) is 38.1. The van der Waals surface area contributed by atoms with Crippen molar-refractivity contribution in [2.45, 2.75) is 49.4 Å². The Kier molecular flexibility index (Phi) is 5.76. The fourth-order valence-electron chi connectivity index (χ4n) is 2.11. The summed E-state index contributed by atoms with van der Waals surface area (Å²) in [6.07, 6.45) is -11.4. The van der Waals surface area contributed by atoms with Crippen molar-refractivity contribution in [2.24, 2.45) is 0 Å². The smallest absolute Gasteiger partial charge is 0.372 e. The van der Waals surface area contributed by atoms with Crippen LogP contribution >= 0.6 is 0 Å². The molecule has 2 unspecified atom stereocenters. The molecule has 0 aliphatic carbocycles. The summed E-state index contributed by atoms with van der Waals surface area (Å²) >= 11 is 0. The van der Waals surface area contributed by atoms with Gasteiger partial charge in [0.25, 0.3) is 0 Å². The quantitative estimate of drug-likeness (QED) is 0.313. The lowest BCUT2D eigenvalue weighted by Crippen LogP contribution is -2.71. The van der Waals surface area contributed by atoms with Gasteiger partial charge in [0.2, 0.25) is 5.91 Å². The number of alkyl halides is 2. The number of halogens is 2. The summed E-state index contributed by atoms with van der Waals surface area (Å²) in [6.45, 7) is -0.0321. The Labute approximate surface area is 123 Å². The third-order valence-corrected chi connectivity index (χ3v) is 3.26. The molecule has 1 saturated heterocycles. The predicted octanol–water partition coefficient (Wildman–Crippen LogP) is -2.95. The minimum Gasteiger partial charge on any atom is -0.477 e. The molecule has 0 bridgehead atoms. The molecule has 128 valence electrons. The second-order valence-electron chi connectivity index (χ2n) is 4.89. The molecule has 0 aromatic heterocycles. The van der Waals surface area contributed by atoms with Crippen molar-refractivity contribution >= 4 is 11.9 Å². The topological polar surface area (TPSA) is 157 Å². The molecule has 1 fully saturated rings. The van der Waals surface area contributed by atoms with Gasteiger partial charge in [0.15, 0.2) is 6.17 Å². The zero-order chi connectivity index (χ0) is 17.2. The van der Waals surface area contributed by atoms with E-state index >= 15 is 0 Å². The number of aliphatic hydroxyl groups is 4. The maximum atomic E-state index is 14.1. The Morgan fingerprint density at radius 2 is 1.95 bits per heavy atom. The van der Waals surface area contributed by atoms with E-state index in [0.717, 1.165) is 6.92 Å². The van der Waals surface area contributed by atoms with Crippen LogP contribution in [0.2, 0.25) is 0 Å². The fourth-order valence-corrected chi connectivity index (χ4v) is 2.11. The number of rotatable bonds is 5. The van der Waals surface area contributed by atoms with Crippen molar-refractivity contribution < 1.29 is 48.6 Å². The molecule has 6 N–H and O–H groups in total. The molecule has 1 aliphatic rings. The lowest BCUT2D eigenvalue weighted by Gasteiger charge is -2.45. The summed E-state index contributed by atoms with van der Waals surface area (Å²) in [6, 6.07) is -1.74. The van der Waals surface area contributed by atoms with Gasteiger partial charge in [-0.2, -0.15) is 4.39 Å². The molecule has 1 aliphatic heterocycles. The van der Waals surface area contributed by atoms with Crippen molar-refractivity contribution in [3.05, 3.63) is 0 Å². The predicted molar refractivity (Wildman–Crippen MR) is 64.0 cm³/mol. The lowest BCUT2D eigenvalue weighted by atomic mass is 9.88. The van der Waals surface area contributed by atoms with Crippen LogP contribution in [0.1, 0.15) is 6.92 Å². The van der Waals surface area contributed by atoms with Crippen LogP contribution in [0.3, 0.4) is 0 Å². The van der Waals surface area contributed by atoms with Crippen molar-refractivity contribution in [2.75, 3.05) is 6.61 Å². The van der Waals surface area contributed by atoms with Crippen molar-refractivity contribution in [1.82, 2.24) is 5.32 Å². The van der Waals surface area contributed by atoms with Gasteiger partial charge in [0.05, 0.1) is 12.6 Å². The first-order valence-corrected chi connectivity index (χ1v) is 6.22. The molecule has 1 amide bonds. The zero-order valence-corrected chi connectivity index (χ0v) is 11.4. The molecule has 1 rings (SSSR count). The van der Waals surface area contributed by atoms with Crippen LogP contribution in [0.15, 0.2) is 0 Å². The standard InChI is InChI=1S/C11H17F2NO8/c1-3(16)14-5-7(19)9(12)11(13,10(20)21)22-8(5)6(18)4(17)2-15/h4-9,15,17-19H,2H2,1H3,(H,14,16)(H,20,21)/t4-,5-,6-,7?,8?,9+,11-/m1/s1. The van der Waals surface area contributed by atoms with Gasteiger partial charge < -0.3 is 35.6 Å². The highest BCUT2D eigenvalue weighted by atomic mass is 19.2. The number of amides is 1. The molecule has 0 spiro atoms. The van der Waals surface area contributed by atoms with E-state index in [1.54, 1.807) is 0 Å². The fraction of sp³-hybridized carbons (Fsp3) is 0.818. The highest BCUT2D eigenvalue weighted by Crippen LogP contribution is 2.35. The molecular weight excluding hydrogens is 312 g/mol. The third kappa shape index (κ3) is 3.33.